The Morgan fingerprint density at radius 2 is 1.83 bits per heavy atom. The third kappa shape index (κ3) is 8.66. The first-order valence-corrected chi connectivity index (χ1v) is 14.7. The summed E-state index contributed by atoms with van der Waals surface area (Å²) in [4.78, 5) is 18.1. The van der Waals surface area contributed by atoms with Crippen molar-refractivity contribution in [1.82, 2.24) is 4.98 Å². The van der Waals surface area contributed by atoms with E-state index in [0.717, 1.165) is 60.4 Å². The molecule has 0 aliphatic heterocycles. The van der Waals surface area contributed by atoms with E-state index in [1.165, 1.54) is 0 Å². The molecule has 0 amide bonds. The van der Waals surface area contributed by atoms with E-state index in [1.54, 1.807) is 7.11 Å². The SMILES string of the molecule is CCc1oc(-c2cccc(OC)c2)nc1CO[C@H]1CCC[C@@H](COC(C)(Cc2ccccc2)C(=O)OC(C)(C)C)C1. The summed E-state index contributed by atoms with van der Waals surface area (Å²) in [5.41, 5.74) is 1.09. The molecule has 0 spiro atoms. The van der Waals surface area contributed by atoms with Crippen LogP contribution in [0.4, 0.5) is 0 Å². The predicted octanol–water partition coefficient (Wildman–Crippen LogP) is 7.35. The minimum Gasteiger partial charge on any atom is -0.497 e. The van der Waals surface area contributed by atoms with Gasteiger partial charge in [0.2, 0.25) is 5.89 Å². The molecule has 41 heavy (non-hydrogen) atoms. The second-order valence-corrected chi connectivity index (χ2v) is 12.1. The summed E-state index contributed by atoms with van der Waals surface area (Å²) in [6, 6.07) is 17.7. The zero-order valence-corrected chi connectivity index (χ0v) is 25.4. The third-order valence-electron chi connectivity index (χ3n) is 7.46. The van der Waals surface area contributed by atoms with Gasteiger partial charge < -0.3 is 23.4 Å². The van der Waals surface area contributed by atoms with Crippen molar-refractivity contribution in [3.8, 4) is 17.2 Å². The van der Waals surface area contributed by atoms with Crippen LogP contribution in [0.2, 0.25) is 0 Å². The van der Waals surface area contributed by atoms with E-state index in [4.69, 9.17) is 28.3 Å². The average Bonchev–Trinajstić information content (AvgIpc) is 3.38. The van der Waals surface area contributed by atoms with Crippen molar-refractivity contribution in [2.24, 2.45) is 5.92 Å². The van der Waals surface area contributed by atoms with Gasteiger partial charge in [0.25, 0.3) is 0 Å². The van der Waals surface area contributed by atoms with Crippen molar-refractivity contribution < 1.29 is 28.2 Å². The zero-order chi connectivity index (χ0) is 29.5. The summed E-state index contributed by atoms with van der Waals surface area (Å²) in [6.07, 6.45) is 5.25. The van der Waals surface area contributed by atoms with E-state index >= 15 is 0 Å². The number of aromatic nitrogens is 1. The number of esters is 1. The van der Waals surface area contributed by atoms with Gasteiger partial charge in [-0.1, -0.05) is 49.7 Å². The van der Waals surface area contributed by atoms with Crippen LogP contribution in [0.3, 0.4) is 0 Å². The molecule has 3 atom stereocenters. The molecule has 0 saturated heterocycles. The van der Waals surface area contributed by atoms with Crippen LogP contribution < -0.4 is 4.74 Å². The molecule has 2 aromatic carbocycles. The number of hydrogen-bond donors (Lipinski definition) is 0. The molecule has 1 aliphatic carbocycles. The van der Waals surface area contributed by atoms with E-state index < -0.39 is 11.2 Å². The highest BCUT2D eigenvalue weighted by atomic mass is 16.6. The molecule has 1 aromatic heterocycles. The first-order valence-electron chi connectivity index (χ1n) is 14.7. The maximum atomic E-state index is 13.3. The van der Waals surface area contributed by atoms with Crippen molar-refractivity contribution in [3.05, 3.63) is 71.6 Å². The van der Waals surface area contributed by atoms with Gasteiger partial charge in [-0.2, -0.15) is 0 Å². The van der Waals surface area contributed by atoms with Crippen molar-refractivity contribution >= 4 is 5.97 Å². The van der Waals surface area contributed by atoms with Gasteiger partial charge in [-0.25, -0.2) is 9.78 Å². The Bertz CT molecular complexity index is 1260. The number of carbonyl (C=O) groups excluding carboxylic acids is 1. The molecule has 4 rings (SSSR count). The lowest BCUT2D eigenvalue weighted by atomic mass is 9.87. The molecule has 1 fully saturated rings. The Balaban J connectivity index is 1.37. The monoisotopic (exact) mass is 563 g/mol. The van der Waals surface area contributed by atoms with Crippen molar-refractivity contribution in [2.75, 3.05) is 13.7 Å². The second-order valence-electron chi connectivity index (χ2n) is 12.1. The molecule has 0 bridgehead atoms. The van der Waals surface area contributed by atoms with Gasteiger partial charge >= 0.3 is 5.97 Å². The molecular formula is C34H45NO6. The second kappa shape index (κ2) is 13.7. The fourth-order valence-corrected chi connectivity index (χ4v) is 5.25. The van der Waals surface area contributed by atoms with Crippen molar-refractivity contribution in [2.45, 2.75) is 97.1 Å². The fraction of sp³-hybridized carbons (Fsp3) is 0.529. The first-order chi connectivity index (χ1) is 19.6. The molecule has 1 saturated carbocycles. The van der Waals surface area contributed by atoms with E-state index in [-0.39, 0.29) is 12.1 Å². The Kier molecular flexibility index (Phi) is 10.3. The van der Waals surface area contributed by atoms with Crippen molar-refractivity contribution in [3.63, 3.8) is 0 Å². The molecule has 1 unspecified atom stereocenters. The number of oxazole rings is 1. The average molecular weight is 564 g/mol. The largest absolute Gasteiger partial charge is 0.497 e. The number of nitrogens with zero attached hydrogens (tertiary/aromatic N) is 1. The number of hydrogen-bond acceptors (Lipinski definition) is 7. The van der Waals surface area contributed by atoms with Gasteiger partial charge in [0.15, 0.2) is 5.60 Å². The number of aryl methyl sites for hydroxylation is 1. The van der Waals surface area contributed by atoms with E-state index in [9.17, 15) is 4.79 Å². The van der Waals surface area contributed by atoms with Crippen LogP contribution in [0, 0.1) is 5.92 Å². The van der Waals surface area contributed by atoms with Crippen LogP contribution in [-0.4, -0.2) is 42.0 Å². The Morgan fingerprint density at radius 3 is 2.54 bits per heavy atom. The summed E-state index contributed by atoms with van der Waals surface area (Å²) in [5.74, 6) is 2.14. The number of benzene rings is 2. The van der Waals surface area contributed by atoms with Crippen LogP contribution in [0.25, 0.3) is 11.5 Å². The molecule has 3 aromatic rings. The number of methoxy groups -OCH3 is 1. The maximum absolute atomic E-state index is 13.3. The number of carbonyl (C=O) groups is 1. The highest BCUT2D eigenvalue weighted by Gasteiger charge is 2.39. The maximum Gasteiger partial charge on any atom is 0.338 e. The molecule has 222 valence electrons. The zero-order valence-electron chi connectivity index (χ0n) is 25.4. The summed E-state index contributed by atoms with van der Waals surface area (Å²) < 4.78 is 30.0. The highest BCUT2D eigenvalue weighted by molar-refractivity contribution is 5.80. The first kappa shape index (κ1) is 30.8. The fourth-order valence-electron chi connectivity index (χ4n) is 5.25. The molecule has 7 heteroatoms. The van der Waals surface area contributed by atoms with Crippen molar-refractivity contribution in [1.29, 1.82) is 0 Å². The lowest BCUT2D eigenvalue weighted by molar-refractivity contribution is -0.184. The quantitative estimate of drug-likeness (QED) is 0.213. The topological polar surface area (TPSA) is 80.0 Å². The standard InChI is InChI=1S/C34H45NO6/c1-7-30-29(35-31(40-30)26-16-12-17-27(20-26)37-6)23-38-28-18-11-15-25(19-28)22-39-34(5,32(36)41-33(2,3)4)21-24-13-9-8-10-14-24/h8-10,12-14,16-17,20,25,28H,7,11,15,18-19,21-23H2,1-6H3/t25-,28+,34?/m1/s1. The molecule has 1 aliphatic rings. The molecule has 0 N–H and O–H groups in total. The van der Waals surface area contributed by atoms with Gasteiger partial charge in [-0.05, 0) is 76.6 Å². The van der Waals surface area contributed by atoms with Gasteiger partial charge in [-0.3, -0.25) is 0 Å². The van der Waals surface area contributed by atoms with Gasteiger partial charge in [0.1, 0.15) is 22.8 Å². The third-order valence-corrected chi connectivity index (χ3v) is 7.46. The van der Waals surface area contributed by atoms with Gasteiger partial charge in [0, 0.05) is 18.4 Å². The van der Waals surface area contributed by atoms with Gasteiger partial charge in [-0.15, -0.1) is 0 Å². The van der Waals surface area contributed by atoms with Gasteiger partial charge in [0.05, 0.1) is 26.4 Å². The molecule has 1 heterocycles. The molecule has 7 nitrogen and oxygen atoms in total. The lowest BCUT2D eigenvalue weighted by Gasteiger charge is -2.35. The smallest absolute Gasteiger partial charge is 0.338 e. The molecule has 0 radical (unpaired) electrons. The normalized spacial score (nSPS) is 19.0. The lowest BCUT2D eigenvalue weighted by Crippen LogP contribution is -2.46. The highest BCUT2D eigenvalue weighted by Crippen LogP contribution is 2.32. The van der Waals surface area contributed by atoms with E-state index in [0.29, 0.717) is 31.4 Å². The summed E-state index contributed by atoms with van der Waals surface area (Å²) >= 11 is 0. The van der Waals surface area contributed by atoms with Crippen LogP contribution >= 0.6 is 0 Å². The van der Waals surface area contributed by atoms with Crippen LogP contribution in [0.15, 0.2) is 59.0 Å². The van der Waals surface area contributed by atoms with E-state index in [2.05, 4.69) is 6.92 Å². The summed E-state index contributed by atoms with van der Waals surface area (Å²) in [6.45, 7) is 10.4. The predicted molar refractivity (Wildman–Crippen MR) is 159 cm³/mol. The Hall–Kier alpha value is -3.16. The summed E-state index contributed by atoms with van der Waals surface area (Å²) in [7, 11) is 1.65. The Labute approximate surface area is 244 Å². The van der Waals surface area contributed by atoms with Crippen LogP contribution in [-0.2, 0) is 38.5 Å². The van der Waals surface area contributed by atoms with Crippen LogP contribution in [0.1, 0.15) is 77.3 Å². The minimum atomic E-state index is -1.07. The number of rotatable bonds is 12. The van der Waals surface area contributed by atoms with Crippen LogP contribution in [0.5, 0.6) is 5.75 Å². The van der Waals surface area contributed by atoms with E-state index in [1.807, 2.05) is 82.3 Å². The Morgan fingerprint density at radius 1 is 1.05 bits per heavy atom. The number of ether oxygens (including phenoxy) is 4. The molecular weight excluding hydrogens is 518 g/mol. The summed E-state index contributed by atoms with van der Waals surface area (Å²) in [5, 5.41) is 0. The minimum absolute atomic E-state index is 0.0981.